The first-order chi connectivity index (χ1) is 10.7. The average Bonchev–Trinajstić information content (AvgIpc) is 3.02. The number of hydrogen-bond acceptors (Lipinski definition) is 4. The molecule has 0 radical (unpaired) electrons. The Bertz CT molecular complexity index is 748. The van der Waals surface area contributed by atoms with Crippen molar-refractivity contribution in [3.8, 4) is 17.2 Å². The van der Waals surface area contributed by atoms with Gasteiger partial charge in [0.1, 0.15) is 12.0 Å². The van der Waals surface area contributed by atoms with Crippen molar-refractivity contribution >= 4 is 5.69 Å². The van der Waals surface area contributed by atoms with Gasteiger partial charge in [0.2, 0.25) is 5.89 Å². The number of ether oxygens (including phenoxy) is 1. The fraction of sp³-hybridized carbons (Fsp3) is 0.167. The molecule has 1 heterocycles. The molecule has 0 atom stereocenters. The molecule has 1 aromatic heterocycles. The Morgan fingerprint density at radius 1 is 1.14 bits per heavy atom. The third-order valence-corrected chi connectivity index (χ3v) is 3.38. The molecule has 0 spiro atoms. The molecule has 0 amide bonds. The van der Waals surface area contributed by atoms with Crippen LogP contribution in [-0.4, -0.2) is 12.1 Å². The van der Waals surface area contributed by atoms with Crippen LogP contribution in [0.25, 0.3) is 11.5 Å². The van der Waals surface area contributed by atoms with Gasteiger partial charge in [-0.05, 0) is 43.3 Å². The van der Waals surface area contributed by atoms with Gasteiger partial charge in [0, 0.05) is 11.3 Å². The highest BCUT2D eigenvalue weighted by atomic mass is 16.5. The summed E-state index contributed by atoms with van der Waals surface area (Å²) in [4.78, 5) is 4.52. The third-order valence-electron chi connectivity index (χ3n) is 3.38. The topological polar surface area (TPSA) is 47.3 Å². The average molecular weight is 294 g/mol. The predicted octanol–water partition coefficient (Wildman–Crippen LogP) is 4.27. The number of anilines is 1. The van der Waals surface area contributed by atoms with Crippen LogP contribution in [-0.2, 0) is 6.54 Å². The molecule has 0 fully saturated rings. The van der Waals surface area contributed by atoms with E-state index in [0.717, 1.165) is 22.7 Å². The van der Waals surface area contributed by atoms with Gasteiger partial charge < -0.3 is 14.5 Å². The number of benzene rings is 2. The van der Waals surface area contributed by atoms with E-state index < -0.39 is 0 Å². The highest BCUT2D eigenvalue weighted by Crippen LogP contribution is 2.20. The van der Waals surface area contributed by atoms with Crippen LogP contribution in [0.1, 0.15) is 11.3 Å². The number of nitrogens with one attached hydrogen (secondary N) is 1. The predicted molar refractivity (Wildman–Crippen MR) is 87.0 cm³/mol. The van der Waals surface area contributed by atoms with Crippen LogP contribution >= 0.6 is 0 Å². The fourth-order valence-corrected chi connectivity index (χ4v) is 2.20. The molecular weight excluding hydrogens is 276 g/mol. The second kappa shape index (κ2) is 6.35. The first kappa shape index (κ1) is 14.2. The van der Waals surface area contributed by atoms with E-state index in [1.807, 2.05) is 36.4 Å². The minimum Gasteiger partial charge on any atom is -0.497 e. The van der Waals surface area contributed by atoms with Gasteiger partial charge in [-0.2, -0.15) is 0 Å². The standard InChI is InChI=1S/C18H18N2O2/c1-13-4-3-5-14(10-13)18-20-16(12-22-18)11-19-15-6-8-17(21-2)9-7-15/h3-10,12,19H,11H2,1-2H3. The molecule has 4 nitrogen and oxygen atoms in total. The SMILES string of the molecule is COc1ccc(NCc2coc(-c3cccc(C)c3)n2)cc1. The maximum atomic E-state index is 5.56. The van der Waals surface area contributed by atoms with Crippen LogP contribution in [0.15, 0.2) is 59.2 Å². The highest BCUT2D eigenvalue weighted by Gasteiger charge is 2.06. The van der Waals surface area contributed by atoms with Crippen molar-refractivity contribution in [1.82, 2.24) is 4.98 Å². The summed E-state index contributed by atoms with van der Waals surface area (Å²) in [6, 6.07) is 15.9. The number of nitrogens with zero attached hydrogens (tertiary/aromatic N) is 1. The number of aryl methyl sites for hydroxylation is 1. The van der Waals surface area contributed by atoms with E-state index in [1.165, 1.54) is 5.56 Å². The fourth-order valence-electron chi connectivity index (χ4n) is 2.20. The molecule has 0 saturated carbocycles. The molecule has 1 N–H and O–H groups in total. The molecule has 0 bridgehead atoms. The minimum atomic E-state index is 0.613. The number of oxazole rings is 1. The molecule has 22 heavy (non-hydrogen) atoms. The van der Waals surface area contributed by atoms with Crippen molar-refractivity contribution in [2.24, 2.45) is 0 Å². The van der Waals surface area contributed by atoms with Crippen molar-refractivity contribution in [1.29, 1.82) is 0 Å². The van der Waals surface area contributed by atoms with E-state index >= 15 is 0 Å². The Morgan fingerprint density at radius 2 is 1.95 bits per heavy atom. The van der Waals surface area contributed by atoms with Gasteiger partial charge in [0.15, 0.2) is 0 Å². The second-order valence-electron chi connectivity index (χ2n) is 5.10. The Morgan fingerprint density at radius 3 is 2.68 bits per heavy atom. The molecule has 0 aliphatic heterocycles. The molecule has 3 aromatic rings. The molecule has 4 heteroatoms. The lowest BCUT2D eigenvalue weighted by atomic mass is 10.1. The maximum absolute atomic E-state index is 5.56. The van der Waals surface area contributed by atoms with E-state index in [1.54, 1.807) is 13.4 Å². The summed E-state index contributed by atoms with van der Waals surface area (Å²) in [5.41, 5.74) is 4.07. The quantitative estimate of drug-likeness (QED) is 0.763. The van der Waals surface area contributed by atoms with Gasteiger partial charge in [-0.3, -0.25) is 0 Å². The monoisotopic (exact) mass is 294 g/mol. The molecule has 0 saturated heterocycles. The number of rotatable bonds is 5. The van der Waals surface area contributed by atoms with Gasteiger partial charge in [-0.15, -0.1) is 0 Å². The summed E-state index contributed by atoms with van der Waals surface area (Å²) < 4.78 is 10.7. The normalized spacial score (nSPS) is 10.5. The zero-order chi connectivity index (χ0) is 15.4. The Kier molecular flexibility index (Phi) is 4.10. The lowest BCUT2D eigenvalue weighted by Gasteiger charge is -2.05. The van der Waals surface area contributed by atoms with Gasteiger partial charge in [0.25, 0.3) is 0 Å². The maximum Gasteiger partial charge on any atom is 0.226 e. The molecular formula is C18H18N2O2. The number of aromatic nitrogens is 1. The van der Waals surface area contributed by atoms with Crippen molar-refractivity contribution in [3.63, 3.8) is 0 Å². The van der Waals surface area contributed by atoms with Crippen molar-refractivity contribution < 1.29 is 9.15 Å². The summed E-state index contributed by atoms with van der Waals surface area (Å²) in [6.07, 6.45) is 1.69. The van der Waals surface area contributed by atoms with E-state index in [4.69, 9.17) is 9.15 Å². The summed E-state index contributed by atoms with van der Waals surface area (Å²) in [5.74, 6) is 1.49. The molecule has 112 valence electrons. The van der Waals surface area contributed by atoms with Crippen LogP contribution in [0.5, 0.6) is 5.75 Å². The van der Waals surface area contributed by atoms with Crippen LogP contribution in [0, 0.1) is 6.92 Å². The minimum absolute atomic E-state index is 0.613. The first-order valence-electron chi connectivity index (χ1n) is 7.14. The van der Waals surface area contributed by atoms with Gasteiger partial charge in [-0.1, -0.05) is 17.7 Å². The van der Waals surface area contributed by atoms with Gasteiger partial charge >= 0.3 is 0 Å². The summed E-state index contributed by atoms with van der Waals surface area (Å²) in [5, 5.41) is 3.31. The lowest BCUT2D eigenvalue weighted by Crippen LogP contribution is -1.99. The summed E-state index contributed by atoms with van der Waals surface area (Å²) in [6.45, 7) is 2.67. The van der Waals surface area contributed by atoms with Crippen LogP contribution < -0.4 is 10.1 Å². The number of methoxy groups -OCH3 is 1. The lowest BCUT2D eigenvalue weighted by molar-refractivity contribution is 0.415. The second-order valence-corrected chi connectivity index (χ2v) is 5.10. The van der Waals surface area contributed by atoms with E-state index in [9.17, 15) is 0 Å². The van der Waals surface area contributed by atoms with Gasteiger partial charge in [-0.25, -0.2) is 4.98 Å². The Hall–Kier alpha value is -2.75. The smallest absolute Gasteiger partial charge is 0.226 e. The van der Waals surface area contributed by atoms with E-state index in [2.05, 4.69) is 29.4 Å². The van der Waals surface area contributed by atoms with Crippen molar-refractivity contribution in [2.45, 2.75) is 13.5 Å². The largest absolute Gasteiger partial charge is 0.497 e. The summed E-state index contributed by atoms with van der Waals surface area (Å²) in [7, 11) is 1.66. The molecule has 3 rings (SSSR count). The van der Waals surface area contributed by atoms with Crippen molar-refractivity contribution in [2.75, 3.05) is 12.4 Å². The third kappa shape index (κ3) is 3.28. The molecule has 2 aromatic carbocycles. The van der Waals surface area contributed by atoms with Crippen LogP contribution in [0.4, 0.5) is 5.69 Å². The van der Waals surface area contributed by atoms with Crippen molar-refractivity contribution in [3.05, 3.63) is 66.1 Å². The summed E-state index contributed by atoms with van der Waals surface area (Å²) >= 11 is 0. The van der Waals surface area contributed by atoms with E-state index in [0.29, 0.717) is 12.4 Å². The highest BCUT2D eigenvalue weighted by molar-refractivity contribution is 5.54. The first-order valence-corrected chi connectivity index (χ1v) is 7.14. The Labute approximate surface area is 129 Å². The zero-order valence-electron chi connectivity index (χ0n) is 12.7. The Balaban J connectivity index is 1.66. The number of hydrogen-bond donors (Lipinski definition) is 1. The van der Waals surface area contributed by atoms with Crippen LogP contribution in [0.2, 0.25) is 0 Å². The zero-order valence-corrected chi connectivity index (χ0v) is 12.7. The van der Waals surface area contributed by atoms with Crippen LogP contribution in [0.3, 0.4) is 0 Å². The molecule has 0 aliphatic carbocycles. The van der Waals surface area contributed by atoms with Gasteiger partial charge in [0.05, 0.1) is 19.3 Å². The van der Waals surface area contributed by atoms with E-state index in [-0.39, 0.29) is 0 Å². The molecule has 0 aliphatic rings. The molecule has 0 unspecified atom stereocenters.